The molecule has 2 aromatic rings. The Morgan fingerprint density at radius 1 is 1.12 bits per heavy atom. The minimum atomic E-state index is -0.197. The van der Waals surface area contributed by atoms with E-state index in [-0.39, 0.29) is 11.9 Å². The topological polar surface area (TPSA) is 47.6 Å². The summed E-state index contributed by atoms with van der Waals surface area (Å²) < 4.78 is 10.5. The Morgan fingerprint density at radius 2 is 1.83 bits per heavy atom. The minimum absolute atomic E-state index is 0.173. The molecule has 0 bridgehead atoms. The maximum Gasteiger partial charge on any atom is 0.244 e. The number of carbonyl (C=O) groups is 1. The maximum absolute atomic E-state index is 12.1. The summed E-state index contributed by atoms with van der Waals surface area (Å²) >= 11 is 6.06. The fourth-order valence-electron chi connectivity index (χ4n) is 2.24. The van der Waals surface area contributed by atoms with E-state index >= 15 is 0 Å². The molecule has 1 N–H and O–H groups in total. The normalized spacial score (nSPS) is 12.0. The molecular weight excluding hydrogens is 326 g/mol. The molecule has 0 radical (unpaired) electrons. The Kier molecular flexibility index (Phi) is 6.27. The zero-order valence-electron chi connectivity index (χ0n) is 13.9. The van der Waals surface area contributed by atoms with Gasteiger partial charge < -0.3 is 14.8 Å². The summed E-state index contributed by atoms with van der Waals surface area (Å²) in [6.07, 6.45) is 3.16. The van der Waals surface area contributed by atoms with Crippen molar-refractivity contribution in [2.45, 2.75) is 13.0 Å². The first-order chi connectivity index (χ1) is 11.5. The standard InChI is InChI=1S/C19H20ClNO3/c1-13(15-8-10-17(23-2)18(12-15)24-3)21-19(22)11-9-14-6-4-5-7-16(14)20/h4-13H,1-3H3,(H,21,22)/b11-9+. The summed E-state index contributed by atoms with van der Waals surface area (Å²) in [5, 5.41) is 3.52. The maximum atomic E-state index is 12.1. The first-order valence-electron chi connectivity index (χ1n) is 7.50. The molecule has 5 heteroatoms. The third-order valence-corrected chi connectivity index (χ3v) is 3.93. The highest BCUT2D eigenvalue weighted by Crippen LogP contribution is 2.29. The molecule has 4 nitrogen and oxygen atoms in total. The van der Waals surface area contributed by atoms with Crippen LogP contribution in [-0.4, -0.2) is 20.1 Å². The van der Waals surface area contributed by atoms with Crippen molar-refractivity contribution in [3.63, 3.8) is 0 Å². The second kappa shape index (κ2) is 8.41. The van der Waals surface area contributed by atoms with Gasteiger partial charge in [0.15, 0.2) is 11.5 Å². The molecule has 0 spiro atoms. The molecule has 1 amide bonds. The van der Waals surface area contributed by atoms with Gasteiger partial charge in [-0.2, -0.15) is 0 Å². The molecule has 0 aliphatic heterocycles. The predicted molar refractivity (Wildman–Crippen MR) is 96.6 cm³/mol. The van der Waals surface area contributed by atoms with Crippen LogP contribution in [0.5, 0.6) is 11.5 Å². The number of rotatable bonds is 6. The highest BCUT2D eigenvalue weighted by Gasteiger charge is 2.11. The third-order valence-electron chi connectivity index (χ3n) is 3.59. The zero-order chi connectivity index (χ0) is 17.5. The van der Waals surface area contributed by atoms with E-state index in [9.17, 15) is 4.79 Å². The highest BCUT2D eigenvalue weighted by atomic mass is 35.5. The molecule has 0 fully saturated rings. The largest absolute Gasteiger partial charge is 0.493 e. The molecule has 0 saturated heterocycles. The number of nitrogens with one attached hydrogen (secondary N) is 1. The molecule has 24 heavy (non-hydrogen) atoms. The van der Waals surface area contributed by atoms with E-state index < -0.39 is 0 Å². The van der Waals surface area contributed by atoms with Crippen LogP contribution in [0.2, 0.25) is 5.02 Å². The number of hydrogen-bond acceptors (Lipinski definition) is 3. The van der Waals surface area contributed by atoms with Gasteiger partial charge in [0.05, 0.1) is 20.3 Å². The molecule has 2 aromatic carbocycles. The Hall–Kier alpha value is -2.46. The summed E-state index contributed by atoms with van der Waals surface area (Å²) in [4.78, 5) is 12.1. The number of amides is 1. The van der Waals surface area contributed by atoms with Gasteiger partial charge in [0.2, 0.25) is 5.91 Å². The number of benzene rings is 2. The molecule has 1 atom stereocenters. The lowest BCUT2D eigenvalue weighted by Crippen LogP contribution is -2.24. The molecule has 0 saturated carbocycles. The predicted octanol–water partition coefficient (Wildman–Crippen LogP) is 4.25. The second-order valence-electron chi connectivity index (χ2n) is 5.20. The lowest BCUT2D eigenvalue weighted by atomic mass is 10.1. The van der Waals surface area contributed by atoms with E-state index in [0.717, 1.165) is 11.1 Å². The van der Waals surface area contributed by atoms with Crippen molar-refractivity contribution in [3.8, 4) is 11.5 Å². The van der Waals surface area contributed by atoms with Gasteiger partial charge in [-0.25, -0.2) is 0 Å². The van der Waals surface area contributed by atoms with Crippen LogP contribution in [0.3, 0.4) is 0 Å². The monoisotopic (exact) mass is 345 g/mol. The number of methoxy groups -OCH3 is 2. The number of halogens is 1. The number of hydrogen-bond donors (Lipinski definition) is 1. The Labute approximate surface area is 147 Å². The van der Waals surface area contributed by atoms with Gasteiger partial charge in [0, 0.05) is 11.1 Å². The van der Waals surface area contributed by atoms with Gasteiger partial charge in [0.1, 0.15) is 0 Å². The van der Waals surface area contributed by atoms with E-state index in [1.54, 1.807) is 26.4 Å². The number of carbonyl (C=O) groups excluding carboxylic acids is 1. The van der Waals surface area contributed by atoms with Gasteiger partial charge >= 0.3 is 0 Å². The second-order valence-corrected chi connectivity index (χ2v) is 5.61. The molecule has 2 rings (SSSR count). The van der Waals surface area contributed by atoms with Crippen LogP contribution in [0.4, 0.5) is 0 Å². The zero-order valence-corrected chi connectivity index (χ0v) is 14.6. The summed E-state index contributed by atoms with van der Waals surface area (Å²) in [7, 11) is 3.17. The van der Waals surface area contributed by atoms with Gasteiger partial charge in [0.25, 0.3) is 0 Å². The average molecular weight is 346 g/mol. The third kappa shape index (κ3) is 4.52. The number of ether oxygens (including phenoxy) is 2. The van der Waals surface area contributed by atoms with Crippen LogP contribution in [-0.2, 0) is 4.79 Å². The lowest BCUT2D eigenvalue weighted by molar-refractivity contribution is -0.117. The fraction of sp³-hybridized carbons (Fsp3) is 0.211. The summed E-state index contributed by atoms with van der Waals surface area (Å²) in [6, 6.07) is 12.7. The summed E-state index contributed by atoms with van der Waals surface area (Å²) in [5.74, 6) is 1.08. The van der Waals surface area contributed by atoms with Crippen LogP contribution in [0, 0.1) is 0 Å². The van der Waals surface area contributed by atoms with E-state index in [1.807, 2.05) is 43.3 Å². The minimum Gasteiger partial charge on any atom is -0.493 e. The van der Waals surface area contributed by atoms with E-state index in [2.05, 4.69) is 5.32 Å². The lowest BCUT2D eigenvalue weighted by Gasteiger charge is -2.15. The van der Waals surface area contributed by atoms with Crippen molar-refractivity contribution < 1.29 is 14.3 Å². The quantitative estimate of drug-likeness (QED) is 0.796. The van der Waals surface area contributed by atoms with Crippen molar-refractivity contribution in [1.29, 1.82) is 0 Å². The fourth-order valence-corrected chi connectivity index (χ4v) is 2.44. The Balaban J connectivity index is 2.05. The van der Waals surface area contributed by atoms with Gasteiger partial charge in [-0.1, -0.05) is 35.9 Å². The van der Waals surface area contributed by atoms with Crippen molar-refractivity contribution in [2.75, 3.05) is 14.2 Å². The Morgan fingerprint density at radius 3 is 2.50 bits per heavy atom. The van der Waals surface area contributed by atoms with E-state index in [4.69, 9.17) is 21.1 Å². The highest BCUT2D eigenvalue weighted by molar-refractivity contribution is 6.32. The molecule has 0 aliphatic rings. The summed E-state index contributed by atoms with van der Waals surface area (Å²) in [5.41, 5.74) is 1.72. The molecule has 0 heterocycles. The van der Waals surface area contributed by atoms with Crippen molar-refractivity contribution in [2.24, 2.45) is 0 Å². The van der Waals surface area contributed by atoms with Gasteiger partial charge in [-0.3, -0.25) is 4.79 Å². The molecule has 1 unspecified atom stereocenters. The first-order valence-corrected chi connectivity index (χ1v) is 7.88. The smallest absolute Gasteiger partial charge is 0.244 e. The van der Waals surface area contributed by atoms with Crippen LogP contribution in [0.1, 0.15) is 24.1 Å². The van der Waals surface area contributed by atoms with Crippen LogP contribution >= 0.6 is 11.6 Å². The average Bonchev–Trinajstić information content (AvgIpc) is 2.60. The van der Waals surface area contributed by atoms with Crippen LogP contribution in [0.25, 0.3) is 6.08 Å². The van der Waals surface area contributed by atoms with Crippen LogP contribution < -0.4 is 14.8 Å². The van der Waals surface area contributed by atoms with Crippen molar-refractivity contribution in [1.82, 2.24) is 5.32 Å². The van der Waals surface area contributed by atoms with Gasteiger partial charge in [-0.15, -0.1) is 0 Å². The van der Waals surface area contributed by atoms with Crippen LogP contribution in [0.15, 0.2) is 48.5 Å². The molecule has 0 aromatic heterocycles. The van der Waals surface area contributed by atoms with E-state index in [0.29, 0.717) is 16.5 Å². The SMILES string of the molecule is COc1ccc(C(C)NC(=O)/C=C/c2ccccc2Cl)cc1OC. The first kappa shape index (κ1) is 17.9. The van der Waals surface area contributed by atoms with Gasteiger partial charge in [-0.05, 0) is 42.3 Å². The Bertz CT molecular complexity index is 743. The molecule has 0 aliphatic carbocycles. The van der Waals surface area contributed by atoms with E-state index in [1.165, 1.54) is 6.08 Å². The summed E-state index contributed by atoms with van der Waals surface area (Å²) in [6.45, 7) is 1.91. The van der Waals surface area contributed by atoms with Crippen molar-refractivity contribution >= 4 is 23.6 Å². The molecular formula is C19H20ClNO3. The molecule has 126 valence electrons. The van der Waals surface area contributed by atoms with Crippen molar-refractivity contribution in [3.05, 3.63) is 64.7 Å².